The molecule has 0 aliphatic carbocycles. The summed E-state index contributed by atoms with van der Waals surface area (Å²) in [7, 11) is 0. The Bertz CT molecular complexity index is 282. The Morgan fingerprint density at radius 3 is 2.42 bits per heavy atom. The van der Waals surface area contributed by atoms with Crippen LogP contribution in [0.2, 0.25) is 0 Å². The first kappa shape index (κ1) is 9.16. The highest BCUT2D eigenvalue weighted by molar-refractivity contribution is 7.79. The molecule has 0 spiro atoms. The molecule has 2 atom stereocenters. The third-order valence-electron chi connectivity index (χ3n) is 1.56. The SMILES string of the molecule is C=CC(c1ccccc1)S(=O)O. The summed E-state index contributed by atoms with van der Waals surface area (Å²) in [6.45, 7) is 3.51. The summed E-state index contributed by atoms with van der Waals surface area (Å²) in [6, 6.07) is 9.14. The van der Waals surface area contributed by atoms with Crippen LogP contribution in [-0.2, 0) is 11.1 Å². The zero-order valence-electron chi connectivity index (χ0n) is 6.51. The third-order valence-corrected chi connectivity index (χ3v) is 2.46. The molecule has 1 N–H and O–H groups in total. The zero-order valence-corrected chi connectivity index (χ0v) is 7.33. The highest BCUT2D eigenvalue weighted by atomic mass is 32.2. The normalized spacial score (nSPS) is 15.1. The van der Waals surface area contributed by atoms with Gasteiger partial charge in [-0.05, 0) is 5.56 Å². The second-order valence-electron chi connectivity index (χ2n) is 2.34. The monoisotopic (exact) mass is 182 g/mol. The number of benzene rings is 1. The number of rotatable bonds is 3. The maximum absolute atomic E-state index is 10.8. The minimum Gasteiger partial charge on any atom is -0.305 e. The molecule has 12 heavy (non-hydrogen) atoms. The fourth-order valence-electron chi connectivity index (χ4n) is 0.978. The van der Waals surface area contributed by atoms with E-state index in [4.69, 9.17) is 4.55 Å². The molecule has 0 aromatic heterocycles. The Morgan fingerprint density at radius 2 is 2.00 bits per heavy atom. The minimum absolute atomic E-state index is 0.480. The molecule has 2 nitrogen and oxygen atoms in total. The van der Waals surface area contributed by atoms with E-state index in [1.807, 2.05) is 18.2 Å². The Balaban J connectivity index is 2.95. The smallest absolute Gasteiger partial charge is 0.164 e. The molecule has 2 unspecified atom stereocenters. The van der Waals surface area contributed by atoms with Gasteiger partial charge in [0.05, 0.1) is 0 Å². The van der Waals surface area contributed by atoms with Crippen molar-refractivity contribution in [3.05, 3.63) is 48.6 Å². The van der Waals surface area contributed by atoms with E-state index >= 15 is 0 Å². The summed E-state index contributed by atoms with van der Waals surface area (Å²) in [5, 5.41) is -0.480. The molecule has 0 saturated carbocycles. The molecule has 0 saturated heterocycles. The molecule has 1 aromatic carbocycles. The van der Waals surface area contributed by atoms with Gasteiger partial charge in [-0.3, -0.25) is 0 Å². The van der Waals surface area contributed by atoms with Crippen LogP contribution >= 0.6 is 0 Å². The zero-order chi connectivity index (χ0) is 8.97. The Kier molecular flexibility index (Phi) is 3.19. The summed E-state index contributed by atoms with van der Waals surface area (Å²) in [6.07, 6.45) is 1.48. The average molecular weight is 182 g/mol. The maximum Gasteiger partial charge on any atom is 0.164 e. The highest BCUT2D eigenvalue weighted by Gasteiger charge is 2.11. The van der Waals surface area contributed by atoms with Gasteiger partial charge in [-0.1, -0.05) is 36.4 Å². The lowest BCUT2D eigenvalue weighted by Crippen LogP contribution is -2.01. The van der Waals surface area contributed by atoms with Gasteiger partial charge in [0.1, 0.15) is 5.25 Å². The van der Waals surface area contributed by atoms with Crippen LogP contribution in [0, 0.1) is 0 Å². The third kappa shape index (κ3) is 2.03. The molecule has 0 aliphatic heterocycles. The lowest BCUT2D eigenvalue weighted by atomic mass is 10.1. The standard InChI is InChI=1S/C9H10O2S/c1-2-9(12(10)11)8-6-4-3-5-7-8/h2-7,9H,1H2,(H,10,11). The second kappa shape index (κ2) is 4.18. The second-order valence-corrected chi connectivity index (χ2v) is 3.40. The molecule has 64 valence electrons. The van der Waals surface area contributed by atoms with Crippen LogP contribution in [0.1, 0.15) is 10.8 Å². The lowest BCUT2D eigenvalue weighted by Gasteiger charge is -2.06. The largest absolute Gasteiger partial charge is 0.305 e. The Hall–Kier alpha value is -0.930. The summed E-state index contributed by atoms with van der Waals surface area (Å²) in [5.41, 5.74) is 0.813. The molecule has 0 bridgehead atoms. The molecule has 0 fully saturated rings. The quantitative estimate of drug-likeness (QED) is 0.574. The summed E-state index contributed by atoms with van der Waals surface area (Å²) in [5.74, 6) is 0. The molecule has 0 amide bonds. The first-order chi connectivity index (χ1) is 5.75. The van der Waals surface area contributed by atoms with Crippen LogP contribution in [0.5, 0.6) is 0 Å². The molecule has 0 radical (unpaired) electrons. The highest BCUT2D eigenvalue weighted by Crippen LogP contribution is 2.18. The molecule has 1 rings (SSSR count). The van der Waals surface area contributed by atoms with Crippen molar-refractivity contribution in [3.8, 4) is 0 Å². The minimum atomic E-state index is -1.87. The first-order valence-electron chi connectivity index (χ1n) is 3.53. The van der Waals surface area contributed by atoms with Crippen LogP contribution in [-0.4, -0.2) is 8.76 Å². The van der Waals surface area contributed by atoms with Gasteiger partial charge in [0.15, 0.2) is 11.1 Å². The van der Waals surface area contributed by atoms with Gasteiger partial charge in [-0.25, -0.2) is 4.21 Å². The van der Waals surface area contributed by atoms with Gasteiger partial charge in [-0.15, -0.1) is 6.58 Å². The van der Waals surface area contributed by atoms with Crippen LogP contribution in [0.3, 0.4) is 0 Å². The molecule has 0 aliphatic rings. The van der Waals surface area contributed by atoms with Crippen molar-refractivity contribution in [2.45, 2.75) is 5.25 Å². The molecule has 3 heteroatoms. The van der Waals surface area contributed by atoms with E-state index < -0.39 is 16.3 Å². The molecular weight excluding hydrogens is 172 g/mol. The van der Waals surface area contributed by atoms with E-state index in [1.165, 1.54) is 6.08 Å². The van der Waals surface area contributed by atoms with Crippen molar-refractivity contribution >= 4 is 11.1 Å². The average Bonchev–Trinajstić information content (AvgIpc) is 2.07. The Morgan fingerprint density at radius 1 is 1.42 bits per heavy atom. The van der Waals surface area contributed by atoms with Crippen molar-refractivity contribution < 1.29 is 8.76 Å². The molecule has 0 heterocycles. The van der Waals surface area contributed by atoms with Gasteiger partial charge in [-0.2, -0.15) is 0 Å². The Labute approximate surface area is 74.2 Å². The predicted octanol–water partition coefficient (Wildman–Crippen LogP) is 2.14. The summed E-state index contributed by atoms with van der Waals surface area (Å²) >= 11 is -1.87. The fraction of sp³-hybridized carbons (Fsp3) is 0.111. The van der Waals surface area contributed by atoms with E-state index in [0.29, 0.717) is 0 Å². The van der Waals surface area contributed by atoms with Crippen LogP contribution in [0.15, 0.2) is 43.0 Å². The van der Waals surface area contributed by atoms with E-state index in [9.17, 15) is 4.21 Å². The summed E-state index contributed by atoms with van der Waals surface area (Å²) < 4.78 is 19.6. The maximum atomic E-state index is 10.8. The van der Waals surface area contributed by atoms with Crippen molar-refractivity contribution in [2.75, 3.05) is 0 Å². The van der Waals surface area contributed by atoms with Gasteiger partial charge in [0.2, 0.25) is 0 Å². The van der Waals surface area contributed by atoms with Crippen molar-refractivity contribution in [2.24, 2.45) is 0 Å². The summed E-state index contributed by atoms with van der Waals surface area (Å²) in [4.78, 5) is 0. The van der Waals surface area contributed by atoms with Gasteiger partial charge in [0, 0.05) is 0 Å². The topological polar surface area (TPSA) is 37.3 Å². The van der Waals surface area contributed by atoms with Gasteiger partial charge < -0.3 is 4.55 Å². The van der Waals surface area contributed by atoms with Crippen molar-refractivity contribution in [1.29, 1.82) is 0 Å². The van der Waals surface area contributed by atoms with Crippen LogP contribution < -0.4 is 0 Å². The van der Waals surface area contributed by atoms with Crippen LogP contribution in [0.25, 0.3) is 0 Å². The lowest BCUT2D eigenvalue weighted by molar-refractivity contribution is 0.558. The van der Waals surface area contributed by atoms with Gasteiger partial charge >= 0.3 is 0 Å². The van der Waals surface area contributed by atoms with E-state index in [-0.39, 0.29) is 0 Å². The van der Waals surface area contributed by atoms with Crippen molar-refractivity contribution in [1.82, 2.24) is 0 Å². The molecule has 1 aromatic rings. The number of hydrogen-bond acceptors (Lipinski definition) is 1. The number of hydrogen-bond donors (Lipinski definition) is 1. The van der Waals surface area contributed by atoms with E-state index in [1.54, 1.807) is 12.1 Å². The van der Waals surface area contributed by atoms with E-state index in [2.05, 4.69) is 6.58 Å². The first-order valence-corrected chi connectivity index (χ1v) is 4.70. The van der Waals surface area contributed by atoms with Crippen molar-refractivity contribution in [3.63, 3.8) is 0 Å². The molecular formula is C9H10O2S. The van der Waals surface area contributed by atoms with E-state index in [0.717, 1.165) is 5.56 Å². The van der Waals surface area contributed by atoms with Gasteiger partial charge in [0.25, 0.3) is 0 Å². The fourth-order valence-corrected chi connectivity index (χ4v) is 1.53. The van der Waals surface area contributed by atoms with Crippen LogP contribution in [0.4, 0.5) is 0 Å². The predicted molar refractivity (Wildman–Crippen MR) is 50.2 cm³/mol.